The fourth-order valence-electron chi connectivity index (χ4n) is 4.46. The minimum absolute atomic E-state index is 0.655. The lowest BCUT2D eigenvalue weighted by atomic mass is 9.90. The molecule has 1 radical (unpaired) electrons. The van der Waals surface area contributed by atoms with E-state index in [0.717, 1.165) is 62.3 Å². The maximum Gasteiger partial charge on any atom is 0.569 e. The first-order valence-electron chi connectivity index (χ1n) is 9.83. The number of hydrogen-bond donors (Lipinski definition) is 1. The second-order valence-electron chi connectivity index (χ2n) is 7.33. The predicted molar refractivity (Wildman–Crippen MR) is 123 cm³/mol. The van der Waals surface area contributed by atoms with Gasteiger partial charge in [0.2, 0.25) is 0 Å². The number of hydrogen-bond acceptors (Lipinski definition) is 3. The molecule has 1 heterocycles. The van der Waals surface area contributed by atoms with E-state index in [1.807, 2.05) is 60.7 Å². The highest BCUT2D eigenvalue weighted by Gasteiger charge is 2.17. The third-order valence-electron chi connectivity index (χ3n) is 5.72. The summed E-state index contributed by atoms with van der Waals surface area (Å²) in [4.78, 5) is 0. The first kappa shape index (κ1) is 17.1. The molecule has 0 aliphatic heterocycles. The summed E-state index contributed by atoms with van der Waals surface area (Å²) in [7, 11) is 0.748. The summed E-state index contributed by atoms with van der Waals surface area (Å²) in [6, 6.07) is 30.7. The molecule has 0 spiro atoms. The van der Waals surface area contributed by atoms with Gasteiger partial charge in [0.05, 0.1) is 0 Å². The fourth-order valence-corrected chi connectivity index (χ4v) is 4.46. The molecule has 1 N–H and O–H groups in total. The van der Waals surface area contributed by atoms with E-state index in [0.29, 0.717) is 5.75 Å². The van der Waals surface area contributed by atoms with Crippen LogP contribution in [0.1, 0.15) is 0 Å². The third kappa shape index (κ3) is 2.44. The maximum atomic E-state index is 9.36. The van der Waals surface area contributed by atoms with Gasteiger partial charge >= 0.3 is 7.69 Å². The molecule has 3 nitrogen and oxygen atoms in total. The molecule has 0 aliphatic rings. The molecule has 5 aromatic carbocycles. The van der Waals surface area contributed by atoms with Crippen molar-refractivity contribution >= 4 is 51.2 Å². The van der Waals surface area contributed by atoms with E-state index in [1.165, 1.54) is 0 Å². The Labute approximate surface area is 173 Å². The van der Waals surface area contributed by atoms with Crippen molar-refractivity contribution < 1.29 is 14.1 Å². The Kier molecular flexibility index (Phi) is 3.80. The summed E-state index contributed by atoms with van der Waals surface area (Å²) < 4.78 is 11.6. The first-order chi connectivity index (χ1) is 14.8. The quantitative estimate of drug-likeness (QED) is 0.280. The molecule has 0 bridgehead atoms. The molecule has 141 valence electrons. The number of para-hydroxylation sites is 1. The standard InChI is InChI=1S/C26H16BO3/c28-27-30-26-20-10-3-1-8-18(20)25(19-9-2-4-11-21(19)26)16-13-14-24-22(15-16)17-7-5-6-12-23(17)29-24/h1-15,28H. The zero-order valence-electron chi connectivity index (χ0n) is 16.0. The maximum absolute atomic E-state index is 9.36. The Morgan fingerprint density at radius 3 is 1.83 bits per heavy atom. The molecule has 4 heteroatoms. The minimum Gasteiger partial charge on any atom is -0.537 e. The lowest BCUT2D eigenvalue weighted by molar-refractivity contribution is 0.459. The number of fused-ring (bicyclic) bond motifs is 5. The zero-order chi connectivity index (χ0) is 20.1. The predicted octanol–water partition coefficient (Wildman–Crippen LogP) is 6.46. The number of benzene rings is 5. The Balaban J connectivity index is 1.75. The molecule has 0 fully saturated rings. The SMILES string of the molecule is O[B]Oc1c2ccccc2c(-c2ccc3oc4ccccc4c3c2)c2ccccc12. The van der Waals surface area contributed by atoms with E-state index >= 15 is 0 Å². The van der Waals surface area contributed by atoms with E-state index in [4.69, 9.17) is 9.07 Å². The van der Waals surface area contributed by atoms with Gasteiger partial charge in [-0.2, -0.15) is 0 Å². The monoisotopic (exact) mass is 387 g/mol. The normalized spacial score (nSPS) is 11.5. The van der Waals surface area contributed by atoms with Crippen molar-refractivity contribution in [3.63, 3.8) is 0 Å². The van der Waals surface area contributed by atoms with Crippen LogP contribution in [0.5, 0.6) is 5.75 Å². The van der Waals surface area contributed by atoms with Gasteiger partial charge in [-0.3, -0.25) is 0 Å². The van der Waals surface area contributed by atoms with E-state index in [9.17, 15) is 5.02 Å². The van der Waals surface area contributed by atoms with E-state index < -0.39 is 0 Å². The van der Waals surface area contributed by atoms with Crippen molar-refractivity contribution in [1.82, 2.24) is 0 Å². The fraction of sp³-hybridized carbons (Fsp3) is 0. The van der Waals surface area contributed by atoms with Gasteiger partial charge in [0.15, 0.2) is 0 Å². The van der Waals surface area contributed by atoms with Crippen molar-refractivity contribution in [2.24, 2.45) is 0 Å². The van der Waals surface area contributed by atoms with Gasteiger partial charge < -0.3 is 14.1 Å². The van der Waals surface area contributed by atoms with Gasteiger partial charge in [-0.15, -0.1) is 0 Å². The highest BCUT2D eigenvalue weighted by Crippen LogP contribution is 2.44. The molecule has 0 atom stereocenters. The van der Waals surface area contributed by atoms with Crippen molar-refractivity contribution in [2.75, 3.05) is 0 Å². The molecule has 6 aromatic rings. The topological polar surface area (TPSA) is 42.6 Å². The molecule has 0 saturated carbocycles. The Morgan fingerprint density at radius 2 is 1.17 bits per heavy atom. The average molecular weight is 387 g/mol. The van der Waals surface area contributed by atoms with Crippen LogP contribution in [0.15, 0.2) is 95.4 Å². The minimum atomic E-state index is 0.655. The molecule has 0 aliphatic carbocycles. The first-order valence-corrected chi connectivity index (χ1v) is 9.83. The van der Waals surface area contributed by atoms with Crippen LogP contribution in [0.4, 0.5) is 0 Å². The summed E-state index contributed by atoms with van der Waals surface area (Å²) in [6.45, 7) is 0. The lowest BCUT2D eigenvalue weighted by Gasteiger charge is -2.17. The highest BCUT2D eigenvalue weighted by atomic mass is 16.5. The summed E-state index contributed by atoms with van der Waals surface area (Å²) in [5.74, 6) is 0.655. The average Bonchev–Trinajstić information content (AvgIpc) is 3.17. The molecule has 0 amide bonds. The van der Waals surface area contributed by atoms with Gasteiger partial charge in [0.1, 0.15) is 16.9 Å². The Hall–Kier alpha value is -3.76. The molecule has 1 aromatic heterocycles. The number of furan rings is 1. The molecule has 0 unspecified atom stereocenters. The summed E-state index contributed by atoms with van der Waals surface area (Å²) in [6.07, 6.45) is 0. The Morgan fingerprint density at radius 1 is 0.600 bits per heavy atom. The van der Waals surface area contributed by atoms with Crippen molar-refractivity contribution in [3.8, 4) is 16.9 Å². The lowest BCUT2D eigenvalue weighted by Crippen LogP contribution is -2.01. The second kappa shape index (κ2) is 6.65. The highest BCUT2D eigenvalue weighted by molar-refractivity contribution is 6.23. The molecule has 6 rings (SSSR count). The van der Waals surface area contributed by atoms with Gasteiger partial charge in [-0.05, 0) is 40.1 Å². The van der Waals surface area contributed by atoms with Crippen LogP contribution in [0, 0.1) is 0 Å². The summed E-state index contributed by atoms with van der Waals surface area (Å²) in [5.41, 5.74) is 4.02. The van der Waals surface area contributed by atoms with Crippen LogP contribution in [-0.4, -0.2) is 12.7 Å². The van der Waals surface area contributed by atoms with E-state index in [-0.39, 0.29) is 0 Å². The molecule has 0 saturated heterocycles. The van der Waals surface area contributed by atoms with Gasteiger partial charge in [0.25, 0.3) is 0 Å². The van der Waals surface area contributed by atoms with Crippen LogP contribution in [0.25, 0.3) is 54.6 Å². The summed E-state index contributed by atoms with van der Waals surface area (Å²) >= 11 is 0. The van der Waals surface area contributed by atoms with Crippen LogP contribution in [-0.2, 0) is 0 Å². The third-order valence-corrected chi connectivity index (χ3v) is 5.72. The van der Waals surface area contributed by atoms with Crippen molar-refractivity contribution in [3.05, 3.63) is 91.0 Å². The van der Waals surface area contributed by atoms with Crippen molar-refractivity contribution in [1.29, 1.82) is 0 Å². The summed E-state index contributed by atoms with van der Waals surface area (Å²) in [5, 5.41) is 15.6. The van der Waals surface area contributed by atoms with E-state index in [1.54, 1.807) is 0 Å². The van der Waals surface area contributed by atoms with Crippen LogP contribution < -0.4 is 4.65 Å². The van der Waals surface area contributed by atoms with Crippen molar-refractivity contribution in [2.45, 2.75) is 0 Å². The van der Waals surface area contributed by atoms with Gasteiger partial charge in [0, 0.05) is 21.5 Å². The van der Waals surface area contributed by atoms with Crippen LogP contribution in [0.2, 0.25) is 0 Å². The smallest absolute Gasteiger partial charge is 0.537 e. The second-order valence-corrected chi connectivity index (χ2v) is 7.33. The van der Waals surface area contributed by atoms with Gasteiger partial charge in [-0.25, -0.2) is 0 Å². The molecular weight excluding hydrogens is 371 g/mol. The van der Waals surface area contributed by atoms with Gasteiger partial charge in [-0.1, -0.05) is 72.8 Å². The largest absolute Gasteiger partial charge is 0.569 e. The van der Waals surface area contributed by atoms with E-state index in [2.05, 4.69) is 30.3 Å². The van der Waals surface area contributed by atoms with Crippen LogP contribution >= 0.6 is 0 Å². The molecule has 30 heavy (non-hydrogen) atoms. The number of rotatable bonds is 3. The zero-order valence-corrected chi connectivity index (χ0v) is 16.0. The van der Waals surface area contributed by atoms with Crippen LogP contribution in [0.3, 0.4) is 0 Å². The molecular formula is C26H16BO3. The Bertz CT molecular complexity index is 1510.